The van der Waals surface area contributed by atoms with Crippen LogP contribution in [-0.2, 0) is 17.1 Å². The standard InChI is InChI=1S/2C18H15P.B.Cu/c2*1-4-10-16(11-5-1)19(17-12-6-2-7-13-17)18-14-8-3-9-15-18;;/h2*1-15H;;/p+2. The second kappa shape index (κ2) is 16.8. The van der Waals surface area contributed by atoms with Crippen molar-refractivity contribution < 1.29 is 17.1 Å². The first-order valence-corrected chi connectivity index (χ1v) is 16.0. The molecule has 0 aromatic heterocycles. The molecule has 0 amide bonds. The fourth-order valence-corrected chi connectivity index (χ4v) is 9.78. The summed E-state index contributed by atoms with van der Waals surface area (Å²) in [6.45, 7) is 0. The summed E-state index contributed by atoms with van der Waals surface area (Å²) in [6.07, 6.45) is 0. The van der Waals surface area contributed by atoms with Crippen LogP contribution in [0, 0.1) is 0 Å². The Labute approximate surface area is 254 Å². The molecule has 6 rings (SSSR count). The molecule has 4 heteroatoms. The molecule has 4 radical (unpaired) electrons. The fraction of sp³-hybridized carbons (Fsp3) is 0. The van der Waals surface area contributed by atoms with Gasteiger partial charge in [0.1, 0.15) is 31.8 Å². The topological polar surface area (TPSA) is 0 Å². The van der Waals surface area contributed by atoms with E-state index in [0.717, 1.165) is 0 Å². The summed E-state index contributed by atoms with van der Waals surface area (Å²) in [6, 6.07) is 65.0. The smallest absolute Gasteiger partial charge is 0.0620 e. The Bertz CT molecular complexity index is 1180. The summed E-state index contributed by atoms with van der Waals surface area (Å²) < 4.78 is 0. The van der Waals surface area contributed by atoms with Crippen LogP contribution in [-0.4, -0.2) is 8.41 Å². The summed E-state index contributed by atoms with van der Waals surface area (Å²) >= 11 is 0. The third-order valence-electron chi connectivity index (χ3n) is 6.37. The van der Waals surface area contributed by atoms with Crippen LogP contribution >= 0.6 is 15.8 Å². The van der Waals surface area contributed by atoms with E-state index < -0.39 is 15.8 Å². The van der Waals surface area contributed by atoms with Gasteiger partial charge >= 0.3 is 0 Å². The Morgan fingerprint density at radius 1 is 0.225 bits per heavy atom. The van der Waals surface area contributed by atoms with Crippen LogP contribution in [0.3, 0.4) is 0 Å². The maximum atomic E-state index is 2.24. The second-order valence-electron chi connectivity index (χ2n) is 8.95. The average Bonchev–Trinajstić information content (AvgIpc) is 3.01. The van der Waals surface area contributed by atoms with Gasteiger partial charge in [0.25, 0.3) is 0 Å². The van der Waals surface area contributed by atoms with Gasteiger partial charge < -0.3 is 0 Å². The van der Waals surface area contributed by atoms with Gasteiger partial charge in [-0.05, 0) is 72.8 Å². The van der Waals surface area contributed by atoms with Crippen molar-refractivity contribution in [3.8, 4) is 0 Å². The van der Waals surface area contributed by atoms with Crippen LogP contribution in [0.25, 0.3) is 0 Å². The molecular formula is C36H32BCuP2+2. The molecule has 0 aliphatic heterocycles. The molecule has 0 aliphatic rings. The average molecular weight is 601 g/mol. The largest absolute Gasteiger partial charge is 0.102 e. The molecular weight excluding hydrogens is 569 g/mol. The molecule has 6 aromatic rings. The number of hydrogen-bond donors (Lipinski definition) is 0. The molecule has 0 saturated carbocycles. The van der Waals surface area contributed by atoms with Gasteiger partial charge in [0.15, 0.2) is 0 Å². The predicted molar refractivity (Wildman–Crippen MR) is 179 cm³/mol. The minimum atomic E-state index is -0.877. The minimum Gasteiger partial charge on any atom is -0.0620 e. The first-order chi connectivity index (χ1) is 18.9. The summed E-state index contributed by atoms with van der Waals surface area (Å²) in [7, 11) is -1.75. The van der Waals surface area contributed by atoms with E-state index in [4.69, 9.17) is 0 Å². The normalized spacial score (nSPS) is 10.1. The number of rotatable bonds is 6. The van der Waals surface area contributed by atoms with E-state index >= 15 is 0 Å². The first-order valence-electron chi connectivity index (χ1n) is 13.0. The van der Waals surface area contributed by atoms with Crippen molar-refractivity contribution in [2.45, 2.75) is 0 Å². The second-order valence-corrected chi connectivity index (χ2v) is 13.9. The maximum absolute atomic E-state index is 2.24. The van der Waals surface area contributed by atoms with Gasteiger partial charge in [0.05, 0.1) is 15.8 Å². The Balaban J connectivity index is 0.000000210. The molecule has 198 valence electrons. The van der Waals surface area contributed by atoms with Crippen LogP contribution < -0.4 is 31.8 Å². The summed E-state index contributed by atoms with van der Waals surface area (Å²) in [5.74, 6) is 0. The molecule has 0 unspecified atom stereocenters. The molecule has 0 heterocycles. The van der Waals surface area contributed by atoms with E-state index in [9.17, 15) is 0 Å². The third-order valence-corrected chi connectivity index (χ3v) is 11.8. The summed E-state index contributed by atoms with van der Waals surface area (Å²) in [4.78, 5) is 0. The summed E-state index contributed by atoms with van der Waals surface area (Å²) in [5, 5.41) is 8.61. The molecule has 0 N–H and O–H groups in total. The van der Waals surface area contributed by atoms with Crippen LogP contribution in [0.15, 0.2) is 182 Å². The molecule has 0 atom stereocenters. The van der Waals surface area contributed by atoms with Crippen molar-refractivity contribution in [2.24, 2.45) is 0 Å². The van der Waals surface area contributed by atoms with Crippen molar-refractivity contribution in [3.63, 3.8) is 0 Å². The predicted octanol–water partition coefficient (Wildman–Crippen LogP) is 5.97. The number of hydrogen-bond acceptors (Lipinski definition) is 0. The Hall–Kier alpha value is -3.24. The quantitative estimate of drug-likeness (QED) is 0.163. The molecule has 0 saturated heterocycles. The molecule has 0 nitrogen and oxygen atoms in total. The Morgan fingerprint density at radius 2 is 0.350 bits per heavy atom. The van der Waals surface area contributed by atoms with Gasteiger partial charge in [-0.25, -0.2) is 0 Å². The van der Waals surface area contributed by atoms with E-state index in [0.29, 0.717) is 0 Å². The Kier molecular flexibility index (Phi) is 13.1. The van der Waals surface area contributed by atoms with E-state index in [1.807, 2.05) is 0 Å². The van der Waals surface area contributed by atoms with Gasteiger partial charge in [-0.3, -0.25) is 0 Å². The van der Waals surface area contributed by atoms with E-state index in [1.54, 1.807) is 0 Å². The minimum absolute atomic E-state index is 0. The van der Waals surface area contributed by atoms with Gasteiger partial charge in [-0.2, -0.15) is 0 Å². The van der Waals surface area contributed by atoms with Crippen molar-refractivity contribution in [2.75, 3.05) is 0 Å². The van der Waals surface area contributed by atoms with Crippen molar-refractivity contribution >= 4 is 56.1 Å². The van der Waals surface area contributed by atoms with Gasteiger partial charge in [-0.15, -0.1) is 0 Å². The molecule has 40 heavy (non-hydrogen) atoms. The number of benzene rings is 6. The zero-order valence-electron chi connectivity index (χ0n) is 22.2. The van der Waals surface area contributed by atoms with Crippen LogP contribution in [0.5, 0.6) is 0 Å². The van der Waals surface area contributed by atoms with Crippen LogP contribution in [0.1, 0.15) is 0 Å². The van der Waals surface area contributed by atoms with Gasteiger partial charge in [-0.1, -0.05) is 109 Å². The molecule has 0 bridgehead atoms. The summed E-state index contributed by atoms with van der Waals surface area (Å²) in [5.41, 5.74) is 0. The zero-order chi connectivity index (χ0) is 25.8. The van der Waals surface area contributed by atoms with E-state index in [1.165, 1.54) is 31.8 Å². The van der Waals surface area contributed by atoms with Crippen LogP contribution in [0.4, 0.5) is 0 Å². The zero-order valence-corrected chi connectivity index (χ0v) is 25.1. The molecule has 0 aliphatic carbocycles. The van der Waals surface area contributed by atoms with Crippen molar-refractivity contribution in [3.05, 3.63) is 182 Å². The maximum Gasteiger partial charge on any atom is 0.102 e. The molecule has 6 aromatic carbocycles. The monoisotopic (exact) mass is 600 g/mol. The van der Waals surface area contributed by atoms with Crippen molar-refractivity contribution in [1.82, 2.24) is 0 Å². The third kappa shape index (κ3) is 8.38. The SMILES string of the molecule is [B].[Cu].c1ccc([PH+](c2ccccc2)c2ccccc2)cc1.c1ccc([PH+](c2ccccc2)c2ccccc2)cc1. The fourth-order valence-electron chi connectivity index (χ4n) is 4.63. The van der Waals surface area contributed by atoms with Gasteiger partial charge in [0.2, 0.25) is 0 Å². The van der Waals surface area contributed by atoms with Crippen LogP contribution in [0.2, 0.25) is 0 Å². The van der Waals surface area contributed by atoms with E-state index in [2.05, 4.69) is 182 Å². The van der Waals surface area contributed by atoms with E-state index in [-0.39, 0.29) is 25.5 Å². The molecule has 0 spiro atoms. The Morgan fingerprint density at radius 3 is 0.475 bits per heavy atom. The molecule has 0 fully saturated rings. The van der Waals surface area contributed by atoms with Crippen molar-refractivity contribution in [1.29, 1.82) is 0 Å². The van der Waals surface area contributed by atoms with Gasteiger partial charge in [0, 0.05) is 25.5 Å². The first kappa shape index (κ1) is 31.3.